The van der Waals surface area contributed by atoms with Crippen LogP contribution in [0.15, 0.2) is 35.4 Å². The summed E-state index contributed by atoms with van der Waals surface area (Å²) in [6, 6.07) is 7.78. The third kappa shape index (κ3) is 6.69. The monoisotopic (exact) mass is 512 g/mol. The number of rotatable bonds is 8. The Bertz CT molecular complexity index is 1070. The summed E-state index contributed by atoms with van der Waals surface area (Å²) in [5.41, 5.74) is 0.941. The maximum absolute atomic E-state index is 13.4. The van der Waals surface area contributed by atoms with E-state index in [1.807, 2.05) is 38.1 Å². The highest BCUT2D eigenvalue weighted by Gasteiger charge is 2.40. The second-order valence-electron chi connectivity index (χ2n) is 11.9. The van der Waals surface area contributed by atoms with Crippen LogP contribution in [0.25, 0.3) is 0 Å². The van der Waals surface area contributed by atoms with Gasteiger partial charge in [0.2, 0.25) is 0 Å². The van der Waals surface area contributed by atoms with Crippen LogP contribution in [0.4, 0.5) is 17.3 Å². The SMILES string of the molecule is CC(C)(C)NSc1cccc(NC(=O)c2ncc(NC(C)(C)CO)nc2N2CCC3(CCC3)CC2)c1. The number of amides is 1. The predicted molar refractivity (Wildman–Crippen MR) is 148 cm³/mol. The van der Waals surface area contributed by atoms with Crippen LogP contribution >= 0.6 is 11.9 Å². The minimum absolute atomic E-state index is 0.0265. The van der Waals surface area contributed by atoms with E-state index < -0.39 is 5.54 Å². The molecule has 1 saturated carbocycles. The van der Waals surface area contributed by atoms with E-state index in [0.29, 0.717) is 28.4 Å². The van der Waals surface area contributed by atoms with Crippen molar-refractivity contribution in [1.82, 2.24) is 14.7 Å². The van der Waals surface area contributed by atoms with Gasteiger partial charge in [0.25, 0.3) is 5.91 Å². The molecule has 1 aliphatic carbocycles. The lowest BCUT2D eigenvalue weighted by atomic mass is 9.63. The summed E-state index contributed by atoms with van der Waals surface area (Å²) in [5, 5.41) is 16.0. The van der Waals surface area contributed by atoms with Crippen molar-refractivity contribution in [3.63, 3.8) is 0 Å². The summed E-state index contributed by atoms with van der Waals surface area (Å²) in [7, 11) is 0. The van der Waals surface area contributed by atoms with Gasteiger partial charge in [0.15, 0.2) is 11.5 Å². The fraction of sp³-hybridized carbons (Fsp3) is 0.593. The van der Waals surface area contributed by atoms with Gasteiger partial charge in [-0.1, -0.05) is 12.5 Å². The highest BCUT2D eigenvalue weighted by molar-refractivity contribution is 7.97. The molecule has 1 aromatic carbocycles. The molecule has 2 heterocycles. The first-order valence-corrected chi connectivity index (χ1v) is 13.7. The number of piperidine rings is 1. The second-order valence-corrected chi connectivity index (χ2v) is 12.8. The Hall–Kier alpha value is -2.36. The van der Waals surface area contributed by atoms with Gasteiger partial charge < -0.3 is 20.6 Å². The smallest absolute Gasteiger partial charge is 0.278 e. The standard InChI is InChI=1S/C27H40N6O2S/c1-25(2,3)32-36-20-9-6-8-19(16-20)29-24(35)22-23(30-21(17-28-22)31-26(4,5)18-34)33-14-12-27(13-15-33)10-7-11-27/h6,8-9,16-17,32,34H,7,10-15,18H2,1-5H3,(H,29,35)(H,30,31). The van der Waals surface area contributed by atoms with Crippen LogP contribution in [0.5, 0.6) is 0 Å². The van der Waals surface area contributed by atoms with Crippen molar-refractivity contribution < 1.29 is 9.90 Å². The zero-order chi connectivity index (χ0) is 26.0. The Kier molecular flexibility index (Phi) is 7.83. The summed E-state index contributed by atoms with van der Waals surface area (Å²) in [6.45, 7) is 11.8. The Labute approximate surface area is 219 Å². The molecule has 1 saturated heterocycles. The van der Waals surface area contributed by atoms with Gasteiger partial charge in [-0.25, -0.2) is 9.97 Å². The molecule has 196 valence electrons. The number of carbonyl (C=O) groups excluding carboxylic acids is 1. The fourth-order valence-electron chi connectivity index (χ4n) is 4.62. The summed E-state index contributed by atoms with van der Waals surface area (Å²) in [5.74, 6) is 0.872. The molecule has 0 bridgehead atoms. The van der Waals surface area contributed by atoms with Gasteiger partial charge in [-0.2, -0.15) is 0 Å². The predicted octanol–water partition coefficient (Wildman–Crippen LogP) is 5.08. The van der Waals surface area contributed by atoms with Crippen molar-refractivity contribution in [2.75, 3.05) is 35.2 Å². The molecular formula is C27H40N6O2S. The minimum Gasteiger partial charge on any atom is -0.394 e. The first-order chi connectivity index (χ1) is 17.0. The molecule has 0 radical (unpaired) electrons. The molecule has 9 heteroatoms. The van der Waals surface area contributed by atoms with E-state index in [9.17, 15) is 9.90 Å². The third-order valence-corrected chi connectivity index (χ3v) is 8.14. The summed E-state index contributed by atoms with van der Waals surface area (Å²) >= 11 is 1.54. The summed E-state index contributed by atoms with van der Waals surface area (Å²) in [4.78, 5) is 26.0. The number of benzene rings is 1. The average molecular weight is 513 g/mol. The van der Waals surface area contributed by atoms with Crippen LogP contribution < -0.4 is 20.3 Å². The number of aliphatic hydroxyl groups is 1. The lowest BCUT2D eigenvalue weighted by Crippen LogP contribution is -2.44. The van der Waals surface area contributed by atoms with Crippen molar-refractivity contribution in [3.8, 4) is 0 Å². The van der Waals surface area contributed by atoms with E-state index in [4.69, 9.17) is 4.98 Å². The van der Waals surface area contributed by atoms with E-state index in [1.165, 1.54) is 19.3 Å². The highest BCUT2D eigenvalue weighted by atomic mass is 32.2. The lowest BCUT2D eigenvalue weighted by molar-refractivity contribution is 0.0949. The molecule has 4 N–H and O–H groups in total. The van der Waals surface area contributed by atoms with Gasteiger partial charge in [0.05, 0.1) is 18.3 Å². The van der Waals surface area contributed by atoms with Gasteiger partial charge in [0.1, 0.15) is 5.82 Å². The molecule has 8 nitrogen and oxygen atoms in total. The van der Waals surface area contributed by atoms with Gasteiger partial charge >= 0.3 is 0 Å². The number of hydrogen-bond donors (Lipinski definition) is 4. The van der Waals surface area contributed by atoms with E-state index in [1.54, 1.807) is 18.1 Å². The van der Waals surface area contributed by atoms with Crippen LogP contribution in [-0.2, 0) is 0 Å². The molecule has 36 heavy (non-hydrogen) atoms. The molecule has 1 amide bonds. The number of aliphatic hydroxyl groups excluding tert-OH is 1. The normalized spacial score (nSPS) is 17.6. The van der Waals surface area contributed by atoms with Crippen molar-refractivity contribution in [2.24, 2.45) is 5.41 Å². The molecule has 2 aromatic rings. The average Bonchev–Trinajstić information content (AvgIpc) is 2.81. The maximum Gasteiger partial charge on any atom is 0.278 e. The molecule has 0 atom stereocenters. The number of aromatic nitrogens is 2. The number of hydrogen-bond acceptors (Lipinski definition) is 8. The van der Waals surface area contributed by atoms with Crippen molar-refractivity contribution in [2.45, 2.75) is 82.7 Å². The van der Waals surface area contributed by atoms with Crippen molar-refractivity contribution in [3.05, 3.63) is 36.2 Å². The quantitative estimate of drug-likeness (QED) is 0.363. The van der Waals surface area contributed by atoms with Gasteiger partial charge in [-0.3, -0.25) is 9.52 Å². The molecule has 2 aliphatic rings. The molecule has 0 unspecified atom stereocenters. The van der Waals surface area contributed by atoms with E-state index >= 15 is 0 Å². The second kappa shape index (κ2) is 10.6. The zero-order valence-corrected chi connectivity index (χ0v) is 23.0. The first-order valence-electron chi connectivity index (χ1n) is 12.8. The Balaban J connectivity index is 1.55. The lowest BCUT2D eigenvalue weighted by Gasteiger charge is -2.48. The maximum atomic E-state index is 13.4. The number of nitrogens with zero attached hydrogens (tertiary/aromatic N) is 3. The topological polar surface area (TPSA) is 102 Å². The Morgan fingerprint density at radius 3 is 2.47 bits per heavy atom. The molecule has 2 fully saturated rings. The van der Waals surface area contributed by atoms with Gasteiger partial charge in [0, 0.05) is 29.2 Å². The number of carbonyl (C=O) groups is 1. The van der Waals surface area contributed by atoms with E-state index in [-0.39, 0.29) is 18.1 Å². The first kappa shape index (κ1) is 26.7. The van der Waals surface area contributed by atoms with Crippen LogP contribution in [0.3, 0.4) is 0 Å². The van der Waals surface area contributed by atoms with E-state index in [2.05, 4.69) is 46.0 Å². The highest BCUT2D eigenvalue weighted by Crippen LogP contribution is 2.49. The molecule has 1 aliphatic heterocycles. The molecular weight excluding hydrogens is 472 g/mol. The van der Waals surface area contributed by atoms with Crippen LogP contribution in [0, 0.1) is 5.41 Å². The van der Waals surface area contributed by atoms with Crippen LogP contribution in [0.2, 0.25) is 0 Å². The van der Waals surface area contributed by atoms with Gasteiger partial charge in [-0.05, 0) is 95.9 Å². The largest absolute Gasteiger partial charge is 0.394 e. The Morgan fingerprint density at radius 1 is 1.14 bits per heavy atom. The number of nitrogens with one attached hydrogen (secondary N) is 3. The molecule has 4 rings (SSSR count). The Morgan fingerprint density at radius 2 is 1.86 bits per heavy atom. The van der Waals surface area contributed by atoms with E-state index in [0.717, 1.165) is 30.8 Å². The zero-order valence-electron chi connectivity index (χ0n) is 22.1. The van der Waals surface area contributed by atoms with Crippen LogP contribution in [-0.4, -0.2) is 51.8 Å². The number of anilines is 3. The molecule has 1 aromatic heterocycles. The van der Waals surface area contributed by atoms with Gasteiger partial charge in [-0.15, -0.1) is 0 Å². The summed E-state index contributed by atoms with van der Waals surface area (Å²) < 4.78 is 3.40. The molecule has 1 spiro atoms. The van der Waals surface area contributed by atoms with Crippen molar-refractivity contribution in [1.29, 1.82) is 0 Å². The minimum atomic E-state index is -0.549. The summed E-state index contributed by atoms with van der Waals surface area (Å²) in [6.07, 6.45) is 7.76. The third-order valence-electron chi connectivity index (χ3n) is 6.94. The van der Waals surface area contributed by atoms with Crippen LogP contribution in [0.1, 0.15) is 77.2 Å². The van der Waals surface area contributed by atoms with Crippen molar-refractivity contribution >= 4 is 35.2 Å². The fourth-order valence-corrected chi connectivity index (χ4v) is 5.37.